The highest BCUT2D eigenvalue weighted by Gasteiger charge is 2.35. The predicted molar refractivity (Wildman–Crippen MR) is 41.6 cm³/mol. The largest absolute Gasteiger partial charge is 0.336 e. The first-order valence-corrected chi connectivity index (χ1v) is 5.19. The van der Waals surface area contributed by atoms with Gasteiger partial charge in [-0.15, -0.1) is 0 Å². The normalized spacial score (nSPS) is 19.2. The summed E-state index contributed by atoms with van der Waals surface area (Å²) in [6.45, 7) is 2.32. The average molecular weight is 179 g/mol. The van der Waals surface area contributed by atoms with E-state index in [1.165, 1.54) is 4.31 Å². The summed E-state index contributed by atoms with van der Waals surface area (Å²) >= 11 is 0. The number of nitrogens with zero attached hydrogens (tertiary/aromatic N) is 1. The maximum Gasteiger partial charge on any atom is 0.336 e. The molecule has 5 heteroatoms. The van der Waals surface area contributed by atoms with Crippen LogP contribution in [-0.2, 0) is 10.3 Å². The molecule has 1 rings (SSSR count). The lowest BCUT2D eigenvalue weighted by Crippen LogP contribution is -2.33. The van der Waals surface area contributed by atoms with Gasteiger partial charge in [-0.1, -0.05) is 6.92 Å². The van der Waals surface area contributed by atoms with Crippen molar-refractivity contribution in [3.63, 3.8) is 0 Å². The second kappa shape index (κ2) is 3.08. The molecule has 1 aliphatic rings. The van der Waals surface area contributed by atoms with Crippen molar-refractivity contribution in [3.8, 4) is 0 Å². The summed E-state index contributed by atoms with van der Waals surface area (Å²) < 4.78 is 31.3. The fourth-order valence-corrected chi connectivity index (χ4v) is 2.07. The molecule has 1 aliphatic carbocycles. The smallest absolute Gasteiger partial charge is 0.273 e. The molecule has 1 saturated carbocycles. The molecule has 0 amide bonds. The molecule has 0 saturated heterocycles. The highest BCUT2D eigenvalue weighted by molar-refractivity contribution is 7.83. The van der Waals surface area contributed by atoms with Crippen molar-refractivity contribution in [2.45, 2.75) is 32.2 Å². The van der Waals surface area contributed by atoms with Crippen LogP contribution in [-0.4, -0.2) is 29.9 Å². The predicted octanol–water partition coefficient (Wildman–Crippen LogP) is 0.664. The lowest BCUT2D eigenvalue weighted by Gasteiger charge is -2.15. The fourth-order valence-electron chi connectivity index (χ4n) is 1.07. The zero-order valence-corrected chi connectivity index (χ0v) is 7.34. The Morgan fingerprint density at radius 3 is 2.36 bits per heavy atom. The van der Waals surface area contributed by atoms with E-state index in [2.05, 4.69) is 0 Å². The van der Waals surface area contributed by atoms with Crippen molar-refractivity contribution in [2.24, 2.45) is 0 Å². The first-order valence-electron chi connectivity index (χ1n) is 3.80. The van der Waals surface area contributed by atoms with Crippen LogP contribution in [0.4, 0.5) is 0 Å². The summed E-state index contributed by atoms with van der Waals surface area (Å²) in [6.07, 6.45) is 2.52. The molecule has 0 unspecified atom stereocenters. The summed E-state index contributed by atoms with van der Waals surface area (Å²) in [4.78, 5) is 0. The van der Waals surface area contributed by atoms with Gasteiger partial charge < -0.3 is 0 Å². The fraction of sp³-hybridized carbons (Fsp3) is 1.00. The molecule has 0 bridgehead atoms. The van der Waals surface area contributed by atoms with E-state index in [9.17, 15) is 8.42 Å². The molecule has 0 aromatic carbocycles. The first kappa shape index (κ1) is 8.96. The summed E-state index contributed by atoms with van der Waals surface area (Å²) in [5.41, 5.74) is 0. The molecule has 0 aromatic rings. The molecule has 0 heterocycles. The molecule has 0 radical (unpaired) electrons. The van der Waals surface area contributed by atoms with Crippen molar-refractivity contribution in [2.75, 3.05) is 6.54 Å². The molecule has 0 aromatic heterocycles. The Kier molecular flexibility index (Phi) is 2.51. The van der Waals surface area contributed by atoms with Crippen LogP contribution in [0, 0.1) is 0 Å². The Balaban J connectivity index is 2.59. The zero-order valence-electron chi connectivity index (χ0n) is 6.52. The maximum atomic E-state index is 10.7. The minimum absolute atomic E-state index is 0.0740. The van der Waals surface area contributed by atoms with Gasteiger partial charge in [-0.25, -0.2) is 0 Å². The third-order valence-corrected chi connectivity index (χ3v) is 2.77. The van der Waals surface area contributed by atoms with Gasteiger partial charge >= 0.3 is 10.3 Å². The van der Waals surface area contributed by atoms with Crippen LogP contribution in [0.15, 0.2) is 0 Å². The van der Waals surface area contributed by atoms with Crippen LogP contribution in [0.3, 0.4) is 0 Å². The number of rotatable bonds is 4. The molecule has 1 fully saturated rings. The SMILES string of the molecule is CCCN(C1CC1)S(=O)(=O)O. The summed E-state index contributed by atoms with van der Waals surface area (Å²) in [7, 11) is -3.93. The maximum absolute atomic E-state index is 10.7. The van der Waals surface area contributed by atoms with E-state index >= 15 is 0 Å². The van der Waals surface area contributed by atoms with Crippen LogP contribution < -0.4 is 0 Å². The highest BCUT2D eigenvalue weighted by atomic mass is 32.2. The number of hydrogen-bond donors (Lipinski definition) is 1. The Hall–Kier alpha value is -0.130. The molecular weight excluding hydrogens is 166 g/mol. The molecule has 0 spiro atoms. The molecule has 0 atom stereocenters. The topological polar surface area (TPSA) is 57.6 Å². The van der Waals surface area contributed by atoms with Gasteiger partial charge in [-0.3, -0.25) is 4.55 Å². The lowest BCUT2D eigenvalue weighted by atomic mass is 10.5. The van der Waals surface area contributed by atoms with Crippen LogP contribution in [0.1, 0.15) is 26.2 Å². The Morgan fingerprint density at radius 2 is 2.09 bits per heavy atom. The summed E-state index contributed by atoms with van der Waals surface area (Å²) in [6, 6.07) is 0.0740. The molecule has 4 nitrogen and oxygen atoms in total. The highest BCUT2D eigenvalue weighted by Crippen LogP contribution is 2.28. The monoisotopic (exact) mass is 179 g/mol. The Morgan fingerprint density at radius 1 is 1.55 bits per heavy atom. The van der Waals surface area contributed by atoms with Crippen molar-refractivity contribution in [3.05, 3.63) is 0 Å². The standard InChI is InChI=1S/C6H13NO3S/c1-2-5-7(6-3-4-6)11(8,9)10/h6H,2-5H2,1H3,(H,8,9,10). The van der Waals surface area contributed by atoms with Gasteiger partial charge in [-0.2, -0.15) is 12.7 Å². The van der Waals surface area contributed by atoms with Gasteiger partial charge in [-0.05, 0) is 19.3 Å². The minimum atomic E-state index is -3.93. The minimum Gasteiger partial charge on any atom is -0.273 e. The second-order valence-electron chi connectivity index (χ2n) is 2.82. The molecule has 11 heavy (non-hydrogen) atoms. The first-order chi connectivity index (χ1) is 5.05. The third kappa shape index (κ3) is 2.43. The summed E-state index contributed by atoms with van der Waals surface area (Å²) in [5.74, 6) is 0. The second-order valence-corrected chi connectivity index (χ2v) is 4.18. The average Bonchev–Trinajstić information content (AvgIpc) is 2.61. The van der Waals surface area contributed by atoms with E-state index in [0.29, 0.717) is 6.54 Å². The molecule has 66 valence electrons. The Bertz CT molecular complexity index is 220. The summed E-state index contributed by atoms with van der Waals surface area (Å²) in [5, 5.41) is 0. The van der Waals surface area contributed by atoms with Crippen molar-refractivity contribution in [1.29, 1.82) is 0 Å². The van der Waals surface area contributed by atoms with Crippen molar-refractivity contribution in [1.82, 2.24) is 4.31 Å². The van der Waals surface area contributed by atoms with Gasteiger partial charge in [0.2, 0.25) is 0 Å². The van der Waals surface area contributed by atoms with E-state index in [1.807, 2.05) is 6.92 Å². The van der Waals surface area contributed by atoms with E-state index in [1.54, 1.807) is 0 Å². The lowest BCUT2D eigenvalue weighted by molar-refractivity contribution is 0.344. The van der Waals surface area contributed by atoms with Gasteiger partial charge in [0, 0.05) is 12.6 Å². The van der Waals surface area contributed by atoms with Crippen molar-refractivity contribution >= 4 is 10.3 Å². The number of hydrogen-bond acceptors (Lipinski definition) is 2. The Labute approximate surface area is 67.1 Å². The van der Waals surface area contributed by atoms with Gasteiger partial charge in [0.1, 0.15) is 0 Å². The van der Waals surface area contributed by atoms with E-state index in [0.717, 1.165) is 19.3 Å². The van der Waals surface area contributed by atoms with Gasteiger partial charge in [0.05, 0.1) is 0 Å². The van der Waals surface area contributed by atoms with Crippen molar-refractivity contribution < 1.29 is 13.0 Å². The van der Waals surface area contributed by atoms with E-state index < -0.39 is 10.3 Å². The van der Waals surface area contributed by atoms with Crippen LogP contribution in [0.2, 0.25) is 0 Å². The van der Waals surface area contributed by atoms with Crippen LogP contribution >= 0.6 is 0 Å². The van der Waals surface area contributed by atoms with Crippen LogP contribution in [0.25, 0.3) is 0 Å². The van der Waals surface area contributed by atoms with Crippen LogP contribution in [0.5, 0.6) is 0 Å². The third-order valence-electron chi connectivity index (χ3n) is 1.69. The van der Waals surface area contributed by atoms with E-state index in [4.69, 9.17) is 4.55 Å². The molecule has 0 aliphatic heterocycles. The van der Waals surface area contributed by atoms with Gasteiger partial charge in [0.25, 0.3) is 0 Å². The quantitative estimate of drug-likeness (QED) is 0.645. The molecule has 1 N–H and O–H groups in total. The van der Waals surface area contributed by atoms with Gasteiger partial charge in [0.15, 0.2) is 0 Å². The molecular formula is C6H13NO3S. The zero-order chi connectivity index (χ0) is 8.48. The van der Waals surface area contributed by atoms with E-state index in [-0.39, 0.29) is 6.04 Å².